The van der Waals surface area contributed by atoms with Crippen LogP contribution in [0.25, 0.3) is 0 Å². The molecule has 3 aromatic rings. The van der Waals surface area contributed by atoms with Gasteiger partial charge in [-0.25, -0.2) is 0 Å². The van der Waals surface area contributed by atoms with Crippen LogP contribution in [0.5, 0.6) is 11.5 Å². The normalized spacial score (nSPS) is 13.8. The molecule has 1 atom stereocenters. The van der Waals surface area contributed by atoms with Crippen molar-refractivity contribution in [3.8, 4) is 11.5 Å². The van der Waals surface area contributed by atoms with Crippen LogP contribution in [0.1, 0.15) is 16.7 Å². The Balaban J connectivity index is 2.60. The van der Waals surface area contributed by atoms with E-state index in [9.17, 15) is 23.2 Å². The number of phenolic OH excluding ortho intramolecular Hbond substituents is 2. The lowest BCUT2D eigenvalue weighted by Crippen LogP contribution is -2.38. The van der Waals surface area contributed by atoms with Gasteiger partial charge in [0.25, 0.3) is 10.1 Å². The number of hydrogen-bond donors (Lipinski definition) is 3. The number of halogens is 4. The van der Waals surface area contributed by atoms with Crippen LogP contribution >= 0.6 is 46.4 Å². The van der Waals surface area contributed by atoms with E-state index in [1.165, 1.54) is 36.4 Å². The molecule has 0 aromatic heterocycles. The Hall–Kier alpha value is -1.67. The van der Waals surface area contributed by atoms with Crippen LogP contribution in [0, 0.1) is 0 Å². The maximum absolute atomic E-state index is 13.0. The van der Waals surface area contributed by atoms with Crippen molar-refractivity contribution in [2.45, 2.75) is 4.75 Å². The molecule has 3 rings (SSSR count). The van der Waals surface area contributed by atoms with Crippen molar-refractivity contribution in [1.82, 2.24) is 0 Å². The fraction of sp³-hybridized carbons (Fsp3) is 0.0526. The average molecular weight is 494 g/mol. The number of rotatable bonds is 4. The van der Waals surface area contributed by atoms with Gasteiger partial charge in [-0.1, -0.05) is 58.5 Å². The quantitative estimate of drug-likeness (QED) is 0.311. The maximum atomic E-state index is 13.0. The Morgan fingerprint density at radius 3 is 1.93 bits per heavy atom. The van der Waals surface area contributed by atoms with E-state index in [-0.39, 0.29) is 48.3 Å². The van der Waals surface area contributed by atoms with Crippen molar-refractivity contribution in [2.75, 3.05) is 0 Å². The van der Waals surface area contributed by atoms with E-state index in [0.717, 1.165) is 18.2 Å². The van der Waals surface area contributed by atoms with Crippen LogP contribution in [-0.4, -0.2) is 23.2 Å². The van der Waals surface area contributed by atoms with Crippen molar-refractivity contribution in [1.29, 1.82) is 0 Å². The molecule has 0 amide bonds. The van der Waals surface area contributed by atoms with E-state index in [0.29, 0.717) is 0 Å². The number of benzene rings is 3. The van der Waals surface area contributed by atoms with Gasteiger partial charge in [-0.15, -0.1) is 0 Å². The zero-order valence-corrected chi connectivity index (χ0v) is 18.1. The van der Waals surface area contributed by atoms with Crippen LogP contribution < -0.4 is 0 Å². The lowest BCUT2D eigenvalue weighted by molar-refractivity contribution is 0.455. The second-order valence-corrected chi connectivity index (χ2v) is 9.40. The van der Waals surface area contributed by atoms with E-state index in [2.05, 4.69) is 0 Å². The molecule has 0 heterocycles. The minimum atomic E-state index is -5.04. The van der Waals surface area contributed by atoms with Gasteiger partial charge >= 0.3 is 0 Å². The first kappa shape index (κ1) is 22.0. The SMILES string of the molecule is O=S(=O)(O)C(c1cccc(O)c1)(c1cc(Cl)cc(Cl)c1)c1cc(Cl)c(O)cc1Cl. The standard InChI is InChI=1S/C19H12Cl4O5S/c20-12-4-11(5-13(21)7-12)19(29(26,27)28,10-2-1-3-14(24)6-10)15-8-17(23)18(25)9-16(15)22/h1-9,24-25H,(H,26,27,28). The molecule has 29 heavy (non-hydrogen) atoms. The van der Waals surface area contributed by atoms with E-state index < -0.39 is 14.9 Å². The first-order valence-corrected chi connectivity index (χ1v) is 10.8. The molecule has 0 bridgehead atoms. The van der Waals surface area contributed by atoms with E-state index in [4.69, 9.17) is 46.4 Å². The van der Waals surface area contributed by atoms with Gasteiger partial charge in [-0.05, 0) is 47.5 Å². The van der Waals surface area contributed by atoms with Crippen molar-refractivity contribution in [2.24, 2.45) is 0 Å². The molecule has 0 saturated heterocycles. The molecule has 0 saturated carbocycles. The molecule has 0 radical (unpaired) electrons. The molecular weight excluding hydrogens is 482 g/mol. The monoisotopic (exact) mass is 492 g/mol. The summed E-state index contributed by atoms with van der Waals surface area (Å²) in [6.07, 6.45) is 0. The fourth-order valence-corrected chi connectivity index (χ4v) is 5.54. The number of hydrogen-bond acceptors (Lipinski definition) is 4. The Labute approximate surface area is 186 Å². The zero-order chi connectivity index (χ0) is 21.6. The molecule has 5 nitrogen and oxygen atoms in total. The third kappa shape index (κ3) is 3.89. The molecule has 1 unspecified atom stereocenters. The predicted molar refractivity (Wildman–Crippen MR) is 114 cm³/mol. The Morgan fingerprint density at radius 2 is 1.38 bits per heavy atom. The van der Waals surface area contributed by atoms with Crippen LogP contribution in [0.2, 0.25) is 20.1 Å². The van der Waals surface area contributed by atoms with Gasteiger partial charge in [0.1, 0.15) is 11.5 Å². The minimum absolute atomic E-state index is 0.0493. The van der Waals surface area contributed by atoms with Crippen molar-refractivity contribution >= 4 is 56.5 Å². The van der Waals surface area contributed by atoms with Crippen molar-refractivity contribution < 1.29 is 23.2 Å². The smallest absolute Gasteiger partial charge is 0.283 e. The summed E-state index contributed by atoms with van der Waals surface area (Å²) in [5.74, 6) is -0.644. The largest absolute Gasteiger partial charge is 0.508 e. The van der Waals surface area contributed by atoms with Crippen LogP contribution in [0.3, 0.4) is 0 Å². The second kappa shape index (κ2) is 7.87. The summed E-state index contributed by atoms with van der Waals surface area (Å²) in [6.45, 7) is 0. The molecule has 0 aliphatic rings. The van der Waals surface area contributed by atoms with Gasteiger partial charge in [0.05, 0.1) is 5.02 Å². The van der Waals surface area contributed by atoms with Crippen LogP contribution in [0.15, 0.2) is 54.6 Å². The summed E-state index contributed by atoms with van der Waals surface area (Å²) in [7, 11) is -5.04. The first-order valence-electron chi connectivity index (χ1n) is 7.88. The maximum Gasteiger partial charge on any atom is 0.283 e. The molecule has 0 fully saturated rings. The Morgan fingerprint density at radius 1 is 0.759 bits per heavy atom. The highest BCUT2D eigenvalue weighted by Crippen LogP contribution is 2.49. The highest BCUT2D eigenvalue weighted by Gasteiger charge is 2.50. The molecule has 3 aromatic carbocycles. The van der Waals surface area contributed by atoms with Crippen molar-refractivity contribution in [3.05, 3.63) is 91.4 Å². The summed E-state index contributed by atoms with van der Waals surface area (Å²) in [5.41, 5.74) is -0.276. The molecule has 152 valence electrons. The van der Waals surface area contributed by atoms with E-state index in [1.807, 2.05) is 0 Å². The van der Waals surface area contributed by atoms with Gasteiger partial charge in [-0.3, -0.25) is 4.55 Å². The first-order chi connectivity index (χ1) is 13.5. The van der Waals surface area contributed by atoms with Gasteiger partial charge < -0.3 is 10.2 Å². The predicted octanol–water partition coefficient (Wildman–Crippen LogP) is 5.89. The lowest BCUT2D eigenvalue weighted by Gasteiger charge is -2.33. The fourth-order valence-electron chi connectivity index (χ4n) is 3.20. The Bertz CT molecular complexity index is 1190. The van der Waals surface area contributed by atoms with Gasteiger partial charge in [-0.2, -0.15) is 8.42 Å². The van der Waals surface area contributed by atoms with Gasteiger partial charge in [0, 0.05) is 26.7 Å². The van der Waals surface area contributed by atoms with Crippen molar-refractivity contribution in [3.63, 3.8) is 0 Å². The number of phenols is 2. The molecule has 10 heteroatoms. The summed E-state index contributed by atoms with van der Waals surface area (Å²) in [4.78, 5) is 0. The van der Waals surface area contributed by atoms with E-state index in [1.54, 1.807) is 0 Å². The molecule has 0 aliphatic carbocycles. The van der Waals surface area contributed by atoms with Gasteiger partial charge in [0.15, 0.2) is 4.75 Å². The van der Waals surface area contributed by atoms with Crippen LogP contribution in [-0.2, 0) is 14.9 Å². The summed E-state index contributed by atoms with van der Waals surface area (Å²) >= 11 is 24.5. The molecular formula is C19H12Cl4O5S. The summed E-state index contributed by atoms with van der Waals surface area (Å²) in [5, 5.41) is 19.6. The molecule has 0 spiro atoms. The molecule has 0 aliphatic heterocycles. The third-order valence-electron chi connectivity index (χ3n) is 4.32. The Kier molecular flexibility index (Phi) is 5.98. The average Bonchev–Trinajstić information content (AvgIpc) is 2.58. The topological polar surface area (TPSA) is 94.8 Å². The zero-order valence-electron chi connectivity index (χ0n) is 14.3. The molecule has 3 N–H and O–H groups in total. The third-order valence-corrected chi connectivity index (χ3v) is 6.84. The summed E-state index contributed by atoms with van der Waals surface area (Å²) < 4.78 is 34.0. The highest BCUT2D eigenvalue weighted by atomic mass is 35.5. The summed E-state index contributed by atoms with van der Waals surface area (Å²) in [6, 6.07) is 11.4. The number of aromatic hydroxyl groups is 2. The van der Waals surface area contributed by atoms with Gasteiger partial charge in [0.2, 0.25) is 0 Å². The second-order valence-electron chi connectivity index (χ2n) is 6.15. The lowest BCUT2D eigenvalue weighted by atomic mass is 9.83. The van der Waals surface area contributed by atoms with E-state index >= 15 is 0 Å². The minimum Gasteiger partial charge on any atom is -0.508 e. The highest BCUT2D eigenvalue weighted by molar-refractivity contribution is 7.87. The van der Waals surface area contributed by atoms with Crippen LogP contribution in [0.4, 0.5) is 0 Å².